The Bertz CT molecular complexity index is 457. The van der Waals surface area contributed by atoms with Crippen molar-refractivity contribution < 1.29 is 0 Å². The number of fused-ring (bicyclic) bond motifs is 3. The molecule has 0 nitrogen and oxygen atoms in total. The summed E-state index contributed by atoms with van der Waals surface area (Å²) < 4.78 is 0. The molecule has 3 rings (SSSR count). The normalized spacial score (nSPS) is 12.8. The van der Waals surface area contributed by atoms with E-state index in [0.717, 1.165) is 0 Å². The first-order valence-electron chi connectivity index (χ1n) is 5.60. The van der Waals surface area contributed by atoms with Crippen LogP contribution >= 0.6 is 0 Å². The fourth-order valence-corrected chi connectivity index (χ4v) is 2.70. The molecular formula is C15H15Li. The molecule has 0 aliphatic heterocycles. The summed E-state index contributed by atoms with van der Waals surface area (Å²) in [4.78, 5) is 0. The number of hydrogen-bond acceptors (Lipinski definition) is 0. The van der Waals surface area contributed by atoms with Crippen molar-refractivity contribution in [2.45, 2.75) is 19.3 Å². The summed E-state index contributed by atoms with van der Waals surface area (Å²) >= 11 is 0. The zero-order chi connectivity index (χ0) is 10.3. The van der Waals surface area contributed by atoms with Crippen LogP contribution in [0.2, 0.25) is 0 Å². The van der Waals surface area contributed by atoms with Gasteiger partial charge in [-0.05, 0) is 28.7 Å². The summed E-state index contributed by atoms with van der Waals surface area (Å²) in [7, 11) is 0. The second-order valence-corrected chi connectivity index (χ2v) is 4.14. The van der Waals surface area contributed by atoms with E-state index in [-0.39, 0.29) is 18.9 Å². The Kier molecular flexibility index (Phi) is 3.24. The van der Waals surface area contributed by atoms with E-state index in [2.05, 4.69) is 55.5 Å². The third-order valence-electron chi connectivity index (χ3n) is 3.37. The van der Waals surface area contributed by atoms with Crippen molar-refractivity contribution in [3.05, 3.63) is 59.7 Å². The van der Waals surface area contributed by atoms with Gasteiger partial charge in [0.2, 0.25) is 0 Å². The molecule has 0 fully saturated rings. The van der Waals surface area contributed by atoms with Crippen LogP contribution in [-0.2, 0) is 0 Å². The molecule has 0 spiro atoms. The first-order valence-corrected chi connectivity index (χ1v) is 5.60. The number of hydrogen-bond donors (Lipinski definition) is 0. The third-order valence-corrected chi connectivity index (χ3v) is 3.37. The van der Waals surface area contributed by atoms with E-state index in [1.807, 2.05) is 0 Å². The standard InChI is InChI=1S/C15H14.Li.H/c1-2-11-12-7-3-5-9-14(12)15-10-6-4-8-13(11)15;;/h3-11H,2H2,1H3;;. The fourth-order valence-electron chi connectivity index (χ4n) is 2.70. The molecule has 0 aromatic heterocycles. The van der Waals surface area contributed by atoms with Gasteiger partial charge in [0.05, 0.1) is 0 Å². The molecule has 1 heteroatoms. The SMILES string of the molecule is CCC1c2ccccc2-c2ccccc21.[LiH]. The molecule has 0 radical (unpaired) electrons. The zero-order valence-electron chi connectivity index (χ0n) is 8.90. The molecule has 0 amide bonds. The Morgan fingerprint density at radius 3 is 1.69 bits per heavy atom. The van der Waals surface area contributed by atoms with Crippen LogP contribution in [0.15, 0.2) is 48.5 Å². The van der Waals surface area contributed by atoms with Gasteiger partial charge in [-0.2, -0.15) is 0 Å². The Labute approximate surface area is 109 Å². The van der Waals surface area contributed by atoms with Gasteiger partial charge in [-0.1, -0.05) is 55.5 Å². The Balaban J connectivity index is 0.000000963. The molecule has 0 N–H and O–H groups in total. The van der Waals surface area contributed by atoms with Crippen LogP contribution in [0, 0.1) is 0 Å². The van der Waals surface area contributed by atoms with Gasteiger partial charge in [0.25, 0.3) is 0 Å². The monoisotopic (exact) mass is 202 g/mol. The molecule has 0 saturated carbocycles. The van der Waals surface area contributed by atoms with Gasteiger partial charge in [-0.15, -0.1) is 0 Å². The van der Waals surface area contributed by atoms with Gasteiger partial charge in [-0.25, -0.2) is 0 Å². The molecule has 0 atom stereocenters. The van der Waals surface area contributed by atoms with Crippen LogP contribution in [0.5, 0.6) is 0 Å². The Morgan fingerprint density at radius 2 is 1.25 bits per heavy atom. The van der Waals surface area contributed by atoms with E-state index in [9.17, 15) is 0 Å². The molecule has 2 aromatic rings. The topological polar surface area (TPSA) is 0 Å². The van der Waals surface area contributed by atoms with Crippen LogP contribution in [0.4, 0.5) is 0 Å². The third kappa shape index (κ3) is 1.54. The van der Waals surface area contributed by atoms with Gasteiger partial charge >= 0.3 is 18.9 Å². The van der Waals surface area contributed by atoms with Crippen LogP contribution < -0.4 is 0 Å². The second kappa shape index (κ2) is 4.50. The summed E-state index contributed by atoms with van der Waals surface area (Å²) in [5, 5.41) is 0. The Morgan fingerprint density at radius 1 is 0.812 bits per heavy atom. The maximum atomic E-state index is 2.27. The van der Waals surface area contributed by atoms with Crippen molar-refractivity contribution in [3.63, 3.8) is 0 Å². The molecule has 2 aromatic carbocycles. The molecule has 1 aliphatic rings. The molecule has 0 saturated heterocycles. The van der Waals surface area contributed by atoms with Gasteiger partial charge < -0.3 is 0 Å². The van der Waals surface area contributed by atoms with Crippen LogP contribution in [0.25, 0.3) is 11.1 Å². The van der Waals surface area contributed by atoms with Crippen molar-refractivity contribution in [1.82, 2.24) is 0 Å². The minimum absolute atomic E-state index is 0. The molecule has 0 unspecified atom stereocenters. The Hall–Kier alpha value is -0.963. The number of rotatable bonds is 1. The first-order chi connectivity index (χ1) is 7.42. The summed E-state index contributed by atoms with van der Waals surface area (Å²) in [5.74, 6) is 0.609. The van der Waals surface area contributed by atoms with Crippen molar-refractivity contribution in [1.29, 1.82) is 0 Å². The summed E-state index contributed by atoms with van der Waals surface area (Å²) in [6, 6.07) is 17.6. The van der Waals surface area contributed by atoms with Crippen molar-refractivity contribution in [3.8, 4) is 11.1 Å². The predicted molar refractivity (Wildman–Crippen MR) is 71.2 cm³/mol. The van der Waals surface area contributed by atoms with Gasteiger partial charge in [0.1, 0.15) is 0 Å². The van der Waals surface area contributed by atoms with Gasteiger partial charge in [-0.3, -0.25) is 0 Å². The van der Waals surface area contributed by atoms with Crippen LogP contribution in [0.1, 0.15) is 30.4 Å². The number of benzene rings is 2. The predicted octanol–water partition coefficient (Wildman–Crippen LogP) is 3.56. The van der Waals surface area contributed by atoms with Crippen molar-refractivity contribution >= 4 is 18.9 Å². The summed E-state index contributed by atoms with van der Waals surface area (Å²) in [6.07, 6.45) is 1.19. The van der Waals surface area contributed by atoms with Crippen LogP contribution in [0.3, 0.4) is 0 Å². The average Bonchev–Trinajstić information content (AvgIpc) is 2.63. The first kappa shape index (κ1) is 11.5. The molecule has 1 aliphatic carbocycles. The van der Waals surface area contributed by atoms with Gasteiger partial charge in [0, 0.05) is 5.92 Å². The molecule has 0 heterocycles. The van der Waals surface area contributed by atoms with E-state index >= 15 is 0 Å². The van der Waals surface area contributed by atoms with E-state index < -0.39 is 0 Å². The van der Waals surface area contributed by atoms with E-state index in [4.69, 9.17) is 0 Å². The van der Waals surface area contributed by atoms with E-state index in [1.165, 1.54) is 28.7 Å². The average molecular weight is 202 g/mol. The van der Waals surface area contributed by atoms with Gasteiger partial charge in [0.15, 0.2) is 0 Å². The fraction of sp³-hybridized carbons (Fsp3) is 0.200. The molecule has 16 heavy (non-hydrogen) atoms. The summed E-state index contributed by atoms with van der Waals surface area (Å²) in [5.41, 5.74) is 5.86. The minimum atomic E-state index is 0. The molecule has 0 bridgehead atoms. The molecular weight excluding hydrogens is 187 g/mol. The van der Waals surface area contributed by atoms with Crippen LogP contribution in [-0.4, -0.2) is 18.9 Å². The van der Waals surface area contributed by atoms with E-state index in [1.54, 1.807) is 0 Å². The second-order valence-electron chi connectivity index (χ2n) is 4.14. The van der Waals surface area contributed by atoms with E-state index in [0.29, 0.717) is 5.92 Å². The zero-order valence-corrected chi connectivity index (χ0v) is 8.90. The summed E-state index contributed by atoms with van der Waals surface area (Å²) in [6.45, 7) is 2.27. The molecule has 76 valence electrons. The van der Waals surface area contributed by atoms with Crippen molar-refractivity contribution in [2.75, 3.05) is 0 Å². The quantitative estimate of drug-likeness (QED) is 0.620. The van der Waals surface area contributed by atoms with Crippen molar-refractivity contribution in [2.24, 2.45) is 0 Å². The maximum absolute atomic E-state index is 2.27.